The number of nitrogens with zero attached hydrogens (tertiary/aromatic N) is 5. The fraction of sp³-hybridized carbons (Fsp3) is 0.452. The summed E-state index contributed by atoms with van der Waals surface area (Å²) in [5.74, 6) is 2.70. The molecule has 0 radical (unpaired) electrons. The van der Waals surface area contributed by atoms with Crippen molar-refractivity contribution >= 4 is 22.6 Å². The molecule has 0 bridgehead atoms. The first-order chi connectivity index (χ1) is 20.4. The number of carbonyl (C=O) groups is 1. The molecule has 11 nitrogen and oxygen atoms in total. The summed E-state index contributed by atoms with van der Waals surface area (Å²) in [6, 6.07) is 9.44. The summed E-state index contributed by atoms with van der Waals surface area (Å²) in [4.78, 5) is 22.9. The Morgan fingerprint density at radius 2 is 1.79 bits per heavy atom. The predicted octanol–water partition coefficient (Wildman–Crippen LogP) is 4.61. The molecule has 2 aliphatic heterocycles. The van der Waals surface area contributed by atoms with Crippen LogP contribution in [0.25, 0.3) is 22.2 Å². The Bertz CT molecular complexity index is 1590. The van der Waals surface area contributed by atoms with Crippen LogP contribution in [0.3, 0.4) is 0 Å². The van der Waals surface area contributed by atoms with Crippen LogP contribution < -0.4 is 19.1 Å². The maximum absolute atomic E-state index is 13.4. The number of carbonyl (C=O) groups excluding carboxylic acids is 1. The zero-order valence-corrected chi connectivity index (χ0v) is 24.8. The van der Waals surface area contributed by atoms with Crippen LogP contribution in [0.1, 0.15) is 37.3 Å². The molecule has 11 heteroatoms. The van der Waals surface area contributed by atoms with E-state index in [1.165, 1.54) is 0 Å². The normalized spacial score (nSPS) is 18.5. The van der Waals surface area contributed by atoms with Gasteiger partial charge in [-0.3, -0.25) is 9.69 Å². The highest BCUT2D eigenvalue weighted by Gasteiger charge is 2.37. The maximum Gasteiger partial charge on any atom is 0.227 e. The molecule has 2 aliphatic rings. The highest BCUT2D eigenvalue weighted by molar-refractivity contribution is 5.96. The van der Waals surface area contributed by atoms with Crippen molar-refractivity contribution in [2.45, 2.75) is 45.3 Å². The highest BCUT2D eigenvalue weighted by atomic mass is 16.5. The number of methoxy groups -OCH3 is 3. The number of imidazole rings is 1. The summed E-state index contributed by atoms with van der Waals surface area (Å²) in [5.41, 5.74) is 3.82. The summed E-state index contributed by atoms with van der Waals surface area (Å²) in [6.45, 7) is 8.08. The second-order valence-corrected chi connectivity index (χ2v) is 10.8. The number of hydrogen-bond donors (Lipinski definition) is 0. The Labute approximate surface area is 244 Å². The molecule has 0 unspecified atom stereocenters. The van der Waals surface area contributed by atoms with Gasteiger partial charge in [0.1, 0.15) is 11.6 Å². The van der Waals surface area contributed by atoms with Gasteiger partial charge in [-0.2, -0.15) is 0 Å². The van der Waals surface area contributed by atoms with E-state index in [0.717, 1.165) is 60.2 Å². The summed E-state index contributed by atoms with van der Waals surface area (Å²) >= 11 is 0. The third kappa shape index (κ3) is 5.07. The molecule has 0 saturated carbocycles. The third-order valence-corrected chi connectivity index (χ3v) is 8.34. The Morgan fingerprint density at radius 3 is 2.52 bits per heavy atom. The number of amides is 1. The van der Waals surface area contributed by atoms with Crippen LogP contribution in [0.2, 0.25) is 0 Å². The van der Waals surface area contributed by atoms with Gasteiger partial charge >= 0.3 is 0 Å². The van der Waals surface area contributed by atoms with Crippen LogP contribution in [-0.4, -0.2) is 79.2 Å². The lowest BCUT2D eigenvalue weighted by molar-refractivity contribution is -0.117. The van der Waals surface area contributed by atoms with Crippen molar-refractivity contribution < 1.29 is 28.3 Å². The average Bonchev–Trinajstić information content (AvgIpc) is 3.72. The number of benzene rings is 2. The van der Waals surface area contributed by atoms with E-state index >= 15 is 0 Å². The Morgan fingerprint density at radius 1 is 1.02 bits per heavy atom. The summed E-state index contributed by atoms with van der Waals surface area (Å²) < 4.78 is 30.1. The molecule has 222 valence electrons. The molecule has 2 aromatic heterocycles. The topological polar surface area (TPSA) is 104 Å². The van der Waals surface area contributed by atoms with Crippen LogP contribution in [0, 0.1) is 6.92 Å². The molecule has 2 fully saturated rings. The molecule has 2 saturated heterocycles. The van der Waals surface area contributed by atoms with Crippen LogP contribution in [0.4, 0.5) is 5.69 Å². The Balaban J connectivity index is 1.44. The molecule has 6 rings (SSSR count). The van der Waals surface area contributed by atoms with Gasteiger partial charge in [0.05, 0.1) is 52.0 Å². The van der Waals surface area contributed by atoms with E-state index < -0.39 is 0 Å². The third-order valence-electron chi connectivity index (χ3n) is 8.34. The van der Waals surface area contributed by atoms with Crippen LogP contribution in [0.15, 0.2) is 41.1 Å². The van der Waals surface area contributed by atoms with Crippen LogP contribution >= 0.6 is 0 Å². The van der Waals surface area contributed by atoms with Gasteiger partial charge in [0.2, 0.25) is 5.91 Å². The quantitative estimate of drug-likeness (QED) is 0.283. The summed E-state index contributed by atoms with van der Waals surface area (Å²) in [7, 11) is 4.83. The predicted molar refractivity (Wildman–Crippen MR) is 157 cm³/mol. The fourth-order valence-electron chi connectivity index (χ4n) is 6.07. The van der Waals surface area contributed by atoms with Crippen molar-refractivity contribution in [2.24, 2.45) is 0 Å². The number of anilines is 1. The number of rotatable bonds is 9. The van der Waals surface area contributed by atoms with Crippen molar-refractivity contribution in [1.29, 1.82) is 0 Å². The molecular weight excluding hydrogens is 538 g/mol. The van der Waals surface area contributed by atoms with Gasteiger partial charge < -0.3 is 32.9 Å². The first-order valence-electron chi connectivity index (χ1n) is 14.3. The van der Waals surface area contributed by atoms with Crippen molar-refractivity contribution in [3.8, 4) is 28.5 Å². The molecular formula is C31H37N5O6. The Hall–Kier alpha value is -4.09. The minimum atomic E-state index is -0.256. The number of ether oxygens (including phenoxy) is 4. The minimum absolute atomic E-state index is 0.0450. The lowest BCUT2D eigenvalue weighted by Crippen LogP contribution is -2.44. The molecule has 2 atom stereocenters. The zero-order chi connectivity index (χ0) is 29.4. The van der Waals surface area contributed by atoms with Gasteiger partial charge in [-0.1, -0.05) is 5.16 Å². The van der Waals surface area contributed by atoms with Crippen LogP contribution in [0.5, 0.6) is 17.2 Å². The second kappa shape index (κ2) is 11.7. The van der Waals surface area contributed by atoms with E-state index in [-0.39, 0.29) is 18.0 Å². The van der Waals surface area contributed by atoms with Gasteiger partial charge in [-0.15, -0.1) is 0 Å². The molecule has 2 aromatic carbocycles. The van der Waals surface area contributed by atoms with E-state index in [9.17, 15) is 4.79 Å². The average molecular weight is 576 g/mol. The van der Waals surface area contributed by atoms with Gasteiger partial charge in [-0.25, -0.2) is 4.98 Å². The maximum atomic E-state index is 13.4. The van der Waals surface area contributed by atoms with E-state index in [0.29, 0.717) is 42.2 Å². The van der Waals surface area contributed by atoms with Gasteiger partial charge in [-0.05, 0) is 38.5 Å². The van der Waals surface area contributed by atoms with Gasteiger partial charge in [0.15, 0.2) is 17.1 Å². The van der Waals surface area contributed by atoms with Crippen LogP contribution in [-0.2, 0) is 16.1 Å². The number of hydrogen-bond acceptors (Lipinski definition) is 9. The number of aryl methyl sites for hydroxylation is 1. The first kappa shape index (κ1) is 28.0. The van der Waals surface area contributed by atoms with Crippen molar-refractivity contribution in [2.75, 3.05) is 52.5 Å². The van der Waals surface area contributed by atoms with E-state index in [1.807, 2.05) is 42.2 Å². The lowest BCUT2D eigenvalue weighted by Gasteiger charge is -2.33. The monoisotopic (exact) mass is 575 g/mol. The molecule has 4 aromatic rings. The molecule has 42 heavy (non-hydrogen) atoms. The molecule has 0 aliphatic carbocycles. The van der Waals surface area contributed by atoms with E-state index in [1.54, 1.807) is 21.3 Å². The SMILES string of the molecule is COc1ccc(N2C(=O)CC[C@H]2c2nc(-c3cc4c(C)noc4cc3OC)cn2C[C@H](C)N2CCOCC2)cc1OC. The smallest absolute Gasteiger partial charge is 0.227 e. The van der Waals surface area contributed by atoms with Crippen molar-refractivity contribution in [1.82, 2.24) is 19.6 Å². The van der Waals surface area contributed by atoms with Gasteiger partial charge in [0, 0.05) is 67.1 Å². The fourth-order valence-corrected chi connectivity index (χ4v) is 6.07. The number of aromatic nitrogens is 3. The van der Waals surface area contributed by atoms with Gasteiger partial charge in [0.25, 0.3) is 0 Å². The van der Waals surface area contributed by atoms with E-state index in [2.05, 4.69) is 27.7 Å². The van der Waals surface area contributed by atoms with Crippen molar-refractivity contribution in [3.63, 3.8) is 0 Å². The lowest BCUT2D eigenvalue weighted by atomic mass is 10.1. The largest absolute Gasteiger partial charge is 0.496 e. The van der Waals surface area contributed by atoms with E-state index in [4.69, 9.17) is 28.5 Å². The first-order valence-corrected chi connectivity index (χ1v) is 14.3. The molecule has 1 amide bonds. The zero-order valence-electron chi connectivity index (χ0n) is 24.8. The Kier molecular flexibility index (Phi) is 7.78. The van der Waals surface area contributed by atoms with Crippen molar-refractivity contribution in [3.05, 3.63) is 48.0 Å². The molecule has 4 heterocycles. The summed E-state index contributed by atoms with van der Waals surface area (Å²) in [6.07, 6.45) is 3.15. The standard InChI is InChI=1S/C31H37N5O6/c1-19(34-10-12-41-13-11-34)17-35-18-24(23-15-22-20(2)33-42-28(22)16-27(23)39-4)32-31(35)25-7-9-30(37)36(25)21-6-8-26(38-3)29(14-21)40-5/h6,8,14-16,18-19,25H,7,9-13,17H2,1-5H3/t19-,25-/m0/s1. The minimum Gasteiger partial charge on any atom is -0.496 e. The molecule has 0 spiro atoms. The number of morpholine rings is 1. The summed E-state index contributed by atoms with van der Waals surface area (Å²) in [5, 5.41) is 5.03. The highest BCUT2D eigenvalue weighted by Crippen LogP contribution is 2.42. The number of fused-ring (bicyclic) bond motifs is 1. The second-order valence-electron chi connectivity index (χ2n) is 10.8. The molecule has 0 N–H and O–H groups in total.